The molecule has 0 atom stereocenters. The van der Waals surface area contributed by atoms with Crippen molar-refractivity contribution in [3.63, 3.8) is 0 Å². The van der Waals surface area contributed by atoms with Gasteiger partial charge >= 0.3 is 6.03 Å². The normalized spacial score (nSPS) is 9.21. The molecule has 74 valence electrons. The van der Waals surface area contributed by atoms with E-state index in [1.807, 2.05) is 0 Å². The van der Waals surface area contributed by atoms with Gasteiger partial charge in [0.05, 0.1) is 11.4 Å². The summed E-state index contributed by atoms with van der Waals surface area (Å²) in [7, 11) is 0. The molecule has 14 heavy (non-hydrogen) atoms. The van der Waals surface area contributed by atoms with Crippen LogP contribution < -0.4 is 16.4 Å². The standard InChI is InChI=1S/C9H11N3O2/c1-6(13)11-9(14)12-8-5-3-2-4-7(8)10/h2-5H,10H2,1H3,(H2,11,12,13,14). The summed E-state index contributed by atoms with van der Waals surface area (Å²) >= 11 is 0. The van der Waals surface area contributed by atoms with Crippen molar-refractivity contribution in [3.8, 4) is 0 Å². The average Bonchev–Trinajstić information content (AvgIpc) is 2.07. The number of nitrogens with one attached hydrogen (secondary N) is 2. The molecule has 0 unspecified atom stereocenters. The zero-order valence-electron chi connectivity index (χ0n) is 7.70. The van der Waals surface area contributed by atoms with Crippen molar-refractivity contribution < 1.29 is 9.59 Å². The summed E-state index contributed by atoms with van der Waals surface area (Å²) in [6, 6.07) is 6.21. The van der Waals surface area contributed by atoms with Gasteiger partial charge in [-0.1, -0.05) is 12.1 Å². The molecule has 5 nitrogen and oxygen atoms in total. The van der Waals surface area contributed by atoms with E-state index >= 15 is 0 Å². The average molecular weight is 193 g/mol. The smallest absolute Gasteiger partial charge is 0.325 e. The van der Waals surface area contributed by atoms with Crippen LogP contribution in [0.15, 0.2) is 24.3 Å². The first-order valence-electron chi connectivity index (χ1n) is 4.02. The maximum atomic E-state index is 11.1. The minimum atomic E-state index is -0.588. The van der Waals surface area contributed by atoms with E-state index in [1.165, 1.54) is 6.92 Å². The highest BCUT2D eigenvalue weighted by Gasteiger charge is 2.04. The number of carbonyl (C=O) groups excluding carboxylic acids is 2. The Morgan fingerprint density at radius 3 is 2.50 bits per heavy atom. The zero-order chi connectivity index (χ0) is 10.6. The Hall–Kier alpha value is -2.04. The van der Waals surface area contributed by atoms with E-state index in [0.29, 0.717) is 11.4 Å². The number of benzene rings is 1. The van der Waals surface area contributed by atoms with Gasteiger partial charge in [-0.2, -0.15) is 0 Å². The molecule has 5 heteroatoms. The van der Waals surface area contributed by atoms with Crippen molar-refractivity contribution in [1.29, 1.82) is 0 Å². The van der Waals surface area contributed by atoms with E-state index in [2.05, 4.69) is 10.6 Å². The highest BCUT2D eigenvalue weighted by atomic mass is 16.2. The molecule has 0 saturated carbocycles. The van der Waals surface area contributed by atoms with E-state index in [9.17, 15) is 9.59 Å². The molecular weight excluding hydrogens is 182 g/mol. The summed E-state index contributed by atoms with van der Waals surface area (Å²) in [5.41, 5.74) is 6.50. The minimum Gasteiger partial charge on any atom is -0.397 e. The number of hydrogen-bond acceptors (Lipinski definition) is 3. The number of nitrogens with two attached hydrogens (primary N) is 1. The number of para-hydroxylation sites is 2. The highest BCUT2D eigenvalue weighted by Crippen LogP contribution is 2.15. The number of imide groups is 1. The topological polar surface area (TPSA) is 84.2 Å². The second kappa shape index (κ2) is 4.27. The fourth-order valence-electron chi connectivity index (χ4n) is 0.924. The van der Waals surface area contributed by atoms with Crippen LogP contribution in [0.25, 0.3) is 0 Å². The van der Waals surface area contributed by atoms with Crippen LogP contribution in [0, 0.1) is 0 Å². The molecule has 0 spiro atoms. The number of rotatable bonds is 1. The molecular formula is C9H11N3O2. The summed E-state index contributed by atoms with van der Waals surface area (Å²) in [6.45, 7) is 1.26. The monoisotopic (exact) mass is 193 g/mol. The Morgan fingerprint density at radius 2 is 1.93 bits per heavy atom. The lowest BCUT2D eigenvalue weighted by molar-refractivity contribution is -0.117. The number of carbonyl (C=O) groups is 2. The van der Waals surface area contributed by atoms with Gasteiger partial charge in [-0.3, -0.25) is 10.1 Å². The number of anilines is 2. The molecule has 4 N–H and O–H groups in total. The lowest BCUT2D eigenvalue weighted by Crippen LogP contribution is -2.32. The first-order valence-corrected chi connectivity index (χ1v) is 4.02. The van der Waals surface area contributed by atoms with Gasteiger partial charge in [-0.15, -0.1) is 0 Å². The van der Waals surface area contributed by atoms with Crippen molar-refractivity contribution in [2.45, 2.75) is 6.92 Å². The maximum absolute atomic E-state index is 11.1. The van der Waals surface area contributed by atoms with Crippen molar-refractivity contribution in [1.82, 2.24) is 5.32 Å². The van der Waals surface area contributed by atoms with Gasteiger partial charge in [0.1, 0.15) is 0 Å². The molecule has 0 aliphatic rings. The summed E-state index contributed by atoms with van der Waals surface area (Å²) < 4.78 is 0. The molecule has 0 heterocycles. The van der Waals surface area contributed by atoms with Crippen molar-refractivity contribution in [2.24, 2.45) is 0 Å². The Labute approximate surface area is 81.3 Å². The van der Waals surface area contributed by atoms with Crippen molar-refractivity contribution >= 4 is 23.3 Å². The Morgan fingerprint density at radius 1 is 1.29 bits per heavy atom. The van der Waals surface area contributed by atoms with E-state index in [4.69, 9.17) is 5.73 Å². The fraction of sp³-hybridized carbons (Fsp3) is 0.111. The molecule has 3 amide bonds. The van der Waals surface area contributed by atoms with E-state index in [1.54, 1.807) is 24.3 Å². The van der Waals surface area contributed by atoms with Crippen molar-refractivity contribution in [3.05, 3.63) is 24.3 Å². The van der Waals surface area contributed by atoms with Gasteiger partial charge < -0.3 is 11.1 Å². The van der Waals surface area contributed by atoms with Gasteiger partial charge in [-0.05, 0) is 12.1 Å². The van der Waals surface area contributed by atoms with Crippen LogP contribution in [-0.2, 0) is 4.79 Å². The molecule has 1 aromatic carbocycles. The predicted molar refractivity (Wildman–Crippen MR) is 53.7 cm³/mol. The predicted octanol–water partition coefficient (Wildman–Crippen LogP) is 0.937. The number of urea groups is 1. The van der Waals surface area contributed by atoms with Crippen LogP contribution in [-0.4, -0.2) is 11.9 Å². The Bertz CT molecular complexity index is 363. The van der Waals surface area contributed by atoms with Gasteiger partial charge in [0.2, 0.25) is 5.91 Å². The summed E-state index contributed by atoms with van der Waals surface area (Å²) in [5.74, 6) is -0.419. The molecule has 0 aliphatic carbocycles. The van der Waals surface area contributed by atoms with Gasteiger partial charge in [0.25, 0.3) is 0 Å². The molecule has 0 aromatic heterocycles. The van der Waals surface area contributed by atoms with Crippen LogP contribution in [0.5, 0.6) is 0 Å². The number of nitrogen functional groups attached to an aromatic ring is 1. The third-order valence-electron chi connectivity index (χ3n) is 1.50. The maximum Gasteiger partial charge on any atom is 0.325 e. The summed E-state index contributed by atoms with van der Waals surface area (Å²) in [4.78, 5) is 21.6. The zero-order valence-corrected chi connectivity index (χ0v) is 7.70. The summed E-state index contributed by atoms with van der Waals surface area (Å²) in [5, 5.41) is 4.52. The first kappa shape index (κ1) is 10.0. The second-order valence-corrected chi connectivity index (χ2v) is 2.72. The minimum absolute atomic E-state index is 0.419. The van der Waals surface area contributed by atoms with Crippen LogP contribution in [0.3, 0.4) is 0 Å². The first-order chi connectivity index (χ1) is 6.59. The van der Waals surface area contributed by atoms with Gasteiger partial charge in [0.15, 0.2) is 0 Å². The fourth-order valence-corrected chi connectivity index (χ4v) is 0.924. The molecule has 0 saturated heterocycles. The lowest BCUT2D eigenvalue weighted by Gasteiger charge is -2.06. The van der Waals surface area contributed by atoms with Crippen LogP contribution in [0.1, 0.15) is 6.92 Å². The molecule has 0 radical (unpaired) electrons. The molecule has 1 aromatic rings. The quantitative estimate of drug-likeness (QED) is 0.580. The number of hydrogen-bond donors (Lipinski definition) is 3. The van der Waals surface area contributed by atoms with Crippen LogP contribution >= 0.6 is 0 Å². The highest BCUT2D eigenvalue weighted by molar-refractivity contribution is 6.01. The van der Waals surface area contributed by atoms with E-state index in [0.717, 1.165) is 0 Å². The SMILES string of the molecule is CC(=O)NC(=O)Nc1ccccc1N. The third-order valence-corrected chi connectivity index (χ3v) is 1.50. The largest absolute Gasteiger partial charge is 0.397 e. The van der Waals surface area contributed by atoms with Gasteiger partial charge in [-0.25, -0.2) is 4.79 Å². The second-order valence-electron chi connectivity index (χ2n) is 2.72. The molecule has 0 fully saturated rings. The van der Waals surface area contributed by atoms with E-state index < -0.39 is 11.9 Å². The van der Waals surface area contributed by atoms with Crippen LogP contribution in [0.4, 0.5) is 16.2 Å². The Balaban J connectivity index is 2.65. The van der Waals surface area contributed by atoms with Crippen molar-refractivity contribution in [2.75, 3.05) is 11.1 Å². The summed E-state index contributed by atoms with van der Waals surface area (Å²) in [6.07, 6.45) is 0. The molecule has 0 bridgehead atoms. The molecule has 1 rings (SSSR count). The number of amides is 3. The van der Waals surface area contributed by atoms with Crippen LogP contribution in [0.2, 0.25) is 0 Å². The van der Waals surface area contributed by atoms with E-state index in [-0.39, 0.29) is 0 Å². The van der Waals surface area contributed by atoms with Gasteiger partial charge in [0, 0.05) is 6.92 Å². The third kappa shape index (κ3) is 2.78. The lowest BCUT2D eigenvalue weighted by atomic mass is 10.3. The molecule has 0 aliphatic heterocycles. The Kier molecular flexibility index (Phi) is 3.06.